The number of benzene rings is 1. The summed E-state index contributed by atoms with van der Waals surface area (Å²) in [4.78, 5) is 38.2. The number of piperidine rings is 1. The molecule has 0 spiro atoms. The number of carboxylic acid groups (broad SMARTS) is 1. The molecule has 1 saturated carbocycles. The van der Waals surface area contributed by atoms with E-state index in [4.69, 9.17) is 5.11 Å². The third kappa shape index (κ3) is 6.79. The van der Waals surface area contributed by atoms with Crippen LogP contribution in [0, 0.1) is 24.7 Å². The molecule has 1 saturated heterocycles. The van der Waals surface area contributed by atoms with Gasteiger partial charge in [-0.3, -0.25) is 14.4 Å². The first-order chi connectivity index (χ1) is 16.1. The molecule has 0 bridgehead atoms. The molecule has 34 heavy (non-hydrogen) atoms. The molecule has 1 atom stereocenters. The maximum Gasteiger partial charge on any atom is 0.306 e. The largest absolute Gasteiger partial charge is 0.481 e. The second-order valence-corrected chi connectivity index (χ2v) is 11.3. The zero-order valence-electron chi connectivity index (χ0n) is 19.8. The Bertz CT molecular complexity index is 978. The smallest absolute Gasteiger partial charge is 0.306 e. The van der Waals surface area contributed by atoms with E-state index in [1.807, 2.05) is 6.92 Å². The third-order valence-corrected chi connectivity index (χ3v) is 8.53. The number of carboxylic acids is 1. The third-order valence-electron chi connectivity index (χ3n) is 6.97. The maximum atomic E-state index is 12.8. The summed E-state index contributed by atoms with van der Waals surface area (Å²) in [5, 5.41) is 12.1. The van der Waals surface area contributed by atoms with Crippen LogP contribution >= 0.6 is 0 Å². The average molecular weight is 494 g/mol. The highest BCUT2D eigenvalue weighted by Crippen LogP contribution is 2.28. The molecule has 0 aromatic heterocycles. The lowest BCUT2D eigenvalue weighted by molar-refractivity contribution is -0.143. The fraction of sp³-hybridized carbons (Fsp3) is 0.625. The Labute approximate surface area is 201 Å². The number of hydrogen-bond donors (Lipinski definition) is 3. The van der Waals surface area contributed by atoms with E-state index in [1.54, 1.807) is 17.0 Å². The number of likely N-dealkylation sites (tertiary alicyclic amines) is 1. The Morgan fingerprint density at radius 3 is 2.15 bits per heavy atom. The standard InChI is InChI=1S/C24H35N3O6S/c1-16-3-9-21(10-4-16)34(32,33)26-17(2)23(29)27-13-11-19(12-14-27)22(28)25-15-18-5-7-20(8-6-18)24(30)31/h3-4,9-10,17-20,26H,5-8,11-15H2,1-2H3,(H,25,28)(H,30,31)/t17-,18?,20?/m0/s1. The van der Waals surface area contributed by atoms with Crippen molar-refractivity contribution < 1.29 is 27.9 Å². The molecule has 2 fully saturated rings. The van der Waals surface area contributed by atoms with Crippen LogP contribution < -0.4 is 10.0 Å². The highest BCUT2D eigenvalue weighted by atomic mass is 32.2. The lowest BCUT2D eigenvalue weighted by Crippen LogP contribution is -2.50. The van der Waals surface area contributed by atoms with Crippen LogP contribution in [-0.2, 0) is 24.4 Å². The van der Waals surface area contributed by atoms with E-state index in [2.05, 4.69) is 10.0 Å². The van der Waals surface area contributed by atoms with Crippen LogP contribution in [-0.4, -0.2) is 61.9 Å². The molecule has 2 aliphatic rings. The molecule has 2 amide bonds. The van der Waals surface area contributed by atoms with Crippen molar-refractivity contribution in [2.24, 2.45) is 17.8 Å². The van der Waals surface area contributed by atoms with Crippen molar-refractivity contribution >= 4 is 27.8 Å². The lowest BCUT2D eigenvalue weighted by Gasteiger charge is -2.33. The van der Waals surface area contributed by atoms with E-state index in [0.717, 1.165) is 18.4 Å². The van der Waals surface area contributed by atoms with Crippen molar-refractivity contribution in [1.82, 2.24) is 14.9 Å². The summed E-state index contributed by atoms with van der Waals surface area (Å²) in [6.07, 6.45) is 3.98. The van der Waals surface area contributed by atoms with Crippen LogP contribution in [0.5, 0.6) is 0 Å². The van der Waals surface area contributed by atoms with Gasteiger partial charge >= 0.3 is 5.97 Å². The molecule has 1 aliphatic heterocycles. The number of aryl methyl sites for hydroxylation is 1. The van der Waals surface area contributed by atoms with Crippen molar-refractivity contribution in [3.8, 4) is 0 Å². The topological polar surface area (TPSA) is 133 Å². The molecule has 188 valence electrons. The number of aliphatic carboxylic acids is 1. The van der Waals surface area contributed by atoms with E-state index in [-0.39, 0.29) is 28.5 Å². The maximum absolute atomic E-state index is 12.8. The molecular formula is C24H35N3O6S. The minimum absolute atomic E-state index is 0.0272. The Morgan fingerprint density at radius 1 is 1.00 bits per heavy atom. The van der Waals surface area contributed by atoms with Crippen LogP contribution in [0.2, 0.25) is 0 Å². The highest BCUT2D eigenvalue weighted by Gasteiger charge is 2.32. The van der Waals surface area contributed by atoms with Gasteiger partial charge in [-0.2, -0.15) is 4.72 Å². The number of carbonyl (C=O) groups excluding carboxylic acids is 2. The zero-order chi connectivity index (χ0) is 24.9. The Kier molecular flexibility index (Phi) is 8.70. The normalized spacial score (nSPS) is 22.7. The average Bonchev–Trinajstić information content (AvgIpc) is 2.82. The van der Waals surface area contributed by atoms with Gasteiger partial charge in [0.1, 0.15) is 0 Å². The van der Waals surface area contributed by atoms with Gasteiger partial charge in [-0.1, -0.05) is 17.7 Å². The fourth-order valence-electron chi connectivity index (χ4n) is 4.71. The minimum atomic E-state index is -3.80. The second kappa shape index (κ2) is 11.3. The van der Waals surface area contributed by atoms with E-state index in [0.29, 0.717) is 51.2 Å². The van der Waals surface area contributed by atoms with Gasteiger partial charge in [0.15, 0.2) is 0 Å². The number of nitrogens with zero attached hydrogens (tertiary/aromatic N) is 1. The molecule has 9 nitrogen and oxygen atoms in total. The first-order valence-corrected chi connectivity index (χ1v) is 13.4. The van der Waals surface area contributed by atoms with Crippen LogP contribution in [0.1, 0.15) is 51.0 Å². The Hall–Kier alpha value is -2.46. The van der Waals surface area contributed by atoms with Crippen molar-refractivity contribution in [3.05, 3.63) is 29.8 Å². The van der Waals surface area contributed by atoms with Gasteiger partial charge in [-0.05, 0) is 70.4 Å². The molecule has 1 aromatic carbocycles. The van der Waals surface area contributed by atoms with Crippen LogP contribution in [0.25, 0.3) is 0 Å². The monoisotopic (exact) mass is 493 g/mol. The molecule has 3 N–H and O–H groups in total. The Balaban J connectivity index is 1.42. The summed E-state index contributed by atoms with van der Waals surface area (Å²) >= 11 is 0. The van der Waals surface area contributed by atoms with Crippen LogP contribution in [0.3, 0.4) is 0 Å². The van der Waals surface area contributed by atoms with Crippen molar-refractivity contribution in [3.63, 3.8) is 0 Å². The van der Waals surface area contributed by atoms with Gasteiger partial charge in [-0.25, -0.2) is 8.42 Å². The number of nitrogens with one attached hydrogen (secondary N) is 2. The first kappa shape index (κ1) is 26.2. The number of carbonyl (C=O) groups is 3. The van der Waals surface area contributed by atoms with Gasteiger partial charge in [0.2, 0.25) is 21.8 Å². The summed E-state index contributed by atoms with van der Waals surface area (Å²) < 4.78 is 27.6. The lowest BCUT2D eigenvalue weighted by atomic mass is 9.82. The predicted octanol–water partition coefficient (Wildman–Crippen LogP) is 1.91. The number of sulfonamides is 1. The van der Waals surface area contributed by atoms with Gasteiger partial charge in [0, 0.05) is 25.6 Å². The van der Waals surface area contributed by atoms with Gasteiger partial charge in [-0.15, -0.1) is 0 Å². The van der Waals surface area contributed by atoms with Crippen LogP contribution in [0.4, 0.5) is 0 Å². The molecule has 0 unspecified atom stereocenters. The zero-order valence-corrected chi connectivity index (χ0v) is 20.6. The molecule has 10 heteroatoms. The summed E-state index contributed by atoms with van der Waals surface area (Å²) in [6.45, 7) is 4.76. The number of rotatable bonds is 8. The van der Waals surface area contributed by atoms with E-state index in [9.17, 15) is 22.8 Å². The summed E-state index contributed by atoms with van der Waals surface area (Å²) in [5.41, 5.74) is 0.945. The van der Waals surface area contributed by atoms with Crippen molar-refractivity contribution in [2.75, 3.05) is 19.6 Å². The van der Waals surface area contributed by atoms with Gasteiger partial charge < -0.3 is 15.3 Å². The fourth-order valence-corrected chi connectivity index (χ4v) is 5.90. The van der Waals surface area contributed by atoms with E-state index < -0.39 is 22.0 Å². The number of amides is 2. The highest BCUT2D eigenvalue weighted by molar-refractivity contribution is 7.89. The van der Waals surface area contributed by atoms with Gasteiger partial charge in [0.05, 0.1) is 16.9 Å². The SMILES string of the molecule is Cc1ccc(S(=O)(=O)N[C@@H](C)C(=O)N2CCC(C(=O)NCC3CCC(C(=O)O)CC3)CC2)cc1. The van der Waals surface area contributed by atoms with E-state index >= 15 is 0 Å². The van der Waals surface area contributed by atoms with Gasteiger partial charge in [0.25, 0.3) is 0 Å². The van der Waals surface area contributed by atoms with Crippen LogP contribution in [0.15, 0.2) is 29.2 Å². The summed E-state index contributed by atoms with van der Waals surface area (Å²) in [6, 6.07) is 5.53. The molecule has 3 rings (SSSR count). The molecule has 1 aromatic rings. The minimum Gasteiger partial charge on any atom is -0.481 e. The summed E-state index contributed by atoms with van der Waals surface area (Å²) in [5.74, 6) is -1.20. The Morgan fingerprint density at radius 2 is 1.59 bits per heavy atom. The quantitative estimate of drug-likeness (QED) is 0.507. The number of hydrogen-bond acceptors (Lipinski definition) is 5. The molecule has 1 heterocycles. The molecular weight excluding hydrogens is 458 g/mol. The second-order valence-electron chi connectivity index (χ2n) is 9.56. The molecule has 1 aliphatic carbocycles. The van der Waals surface area contributed by atoms with Crippen molar-refractivity contribution in [2.45, 2.75) is 63.3 Å². The summed E-state index contributed by atoms with van der Waals surface area (Å²) in [7, 11) is -3.80. The predicted molar refractivity (Wildman–Crippen MR) is 126 cm³/mol. The first-order valence-electron chi connectivity index (χ1n) is 11.9. The van der Waals surface area contributed by atoms with Crippen molar-refractivity contribution in [1.29, 1.82) is 0 Å². The van der Waals surface area contributed by atoms with E-state index in [1.165, 1.54) is 19.1 Å². The molecule has 0 radical (unpaired) electrons.